The molecule has 0 radical (unpaired) electrons. The number of aliphatic hydroxyl groups is 2. The number of aliphatic hydroxyl groups excluding tert-OH is 2. The predicted octanol–water partition coefficient (Wildman–Crippen LogP) is 4.90. The third kappa shape index (κ3) is 9.12. The van der Waals surface area contributed by atoms with Crippen molar-refractivity contribution in [1.29, 1.82) is 0 Å². The van der Waals surface area contributed by atoms with Gasteiger partial charge >= 0.3 is 0 Å². The van der Waals surface area contributed by atoms with Crippen molar-refractivity contribution in [3.63, 3.8) is 0 Å². The first kappa shape index (κ1) is 32.6. The van der Waals surface area contributed by atoms with Crippen LogP contribution in [0.4, 0.5) is 17.1 Å². The normalized spacial score (nSPS) is 21.8. The van der Waals surface area contributed by atoms with Gasteiger partial charge in [-0.2, -0.15) is 0 Å². The first-order valence-corrected chi connectivity index (χ1v) is 15.8. The first-order chi connectivity index (χ1) is 21.9. The van der Waals surface area contributed by atoms with Gasteiger partial charge in [0, 0.05) is 43.1 Å². The van der Waals surface area contributed by atoms with Crippen LogP contribution in [0.1, 0.15) is 74.0 Å². The summed E-state index contributed by atoms with van der Waals surface area (Å²) in [6, 6.07) is 22.6. The van der Waals surface area contributed by atoms with E-state index in [1.54, 1.807) is 12.1 Å². The molecule has 2 aliphatic rings. The molecule has 0 spiro atoms. The summed E-state index contributed by atoms with van der Waals surface area (Å²) in [6.45, 7) is 1.79. The molecule has 10 nitrogen and oxygen atoms in total. The summed E-state index contributed by atoms with van der Waals surface area (Å²) in [7, 11) is 0. The van der Waals surface area contributed by atoms with Gasteiger partial charge in [-0.3, -0.25) is 14.5 Å². The maximum atomic E-state index is 12.6. The lowest BCUT2D eigenvalue weighted by atomic mass is 9.99. The van der Waals surface area contributed by atoms with Gasteiger partial charge in [-0.15, -0.1) is 0 Å². The van der Waals surface area contributed by atoms with Crippen LogP contribution in [-0.4, -0.2) is 58.8 Å². The second-order valence-electron chi connectivity index (χ2n) is 11.8. The molecule has 0 unspecified atom stereocenters. The van der Waals surface area contributed by atoms with Gasteiger partial charge in [0.05, 0.1) is 36.8 Å². The van der Waals surface area contributed by atoms with E-state index < -0.39 is 6.29 Å². The highest BCUT2D eigenvalue weighted by atomic mass is 16.7. The third-order valence-corrected chi connectivity index (χ3v) is 8.52. The number of anilines is 3. The summed E-state index contributed by atoms with van der Waals surface area (Å²) >= 11 is 0. The molecule has 2 saturated heterocycles. The number of nitrogens with one attached hydrogen (secondary N) is 2. The summed E-state index contributed by atoms with van der Waals surface area (Å²) < 4.78 is 12.9. The first-order valence-electron chi connectivity index (χ1n) is 15.8. The summed E-state index contributed by atoms with van der Waals surface area (Å²) in [4.78, 5) is 27.1. The van der Waals surface area contributed by atoms with Gasteiger partial charge in [-0.1, -0.05) is 48.5 Å². The van der Waals surface area contributed by atoms with Gasteiger partial charge in [0.2, 0.25) is 11.8 Å². The summed E-state index contributed by atoms with van der Waals surface area (Å²) in [6.07, 6.45) is 3.64. The average Bonchev–Trinajstić information content (AvgIpc) is 3.51. The summed E-state index contributed by atoms with van der Waals surface area (Å²) in [5.74, 6) is -0.243. The van der Waals surface area contributed by atoms with Gasteiger partial charge in [-0.05, 0) is 67.6 Å². The Morgan fingerprint density at radius 2 is 1.56 bits per heavy atom. The van der Waals surface area contributed by atoms with Crippen LogP contribution in [-0.2, 0) is 25.7 Å². The molecule has 6 N–H and O–H groups in total. The summed E-state index contributed by atoms with van der Waals surface area (Å²) in [5, 5.41) is 25.0. The number of rotatable bonds is 13. The SMILES string of the molecule is Nc1ccccc1NC(=O)CCCCC(=O)Nc1ccc([C@@H]2O[C@H](CN3CCC[C@H]3CO)C[C@H](c3ccc(CO)cc3)O2)cc1. The smallest absolute Gasteiger partial charge is 0.224 e. The number of nitrogens with two attached hydrogens (primary N) is 1. The van der Waals surface area contributed by atoms with Crippen molar-refractivity contribution in [3.05, 3.63) is 89.5 Å². The molecular formula is C35H44N4O6. The van der Waals surface area contributed by atoms with E-state index in [9.17, 15) is 19.8 Å². The maximum absolute atomic E-state index is 12.6. The van der Waals surface area contributed by atoms with Crippen molar-refractivity contribution in [2.24, 2.45) is 0 Å². The zero-order chi connectivity index (χ0) is 31.6. The lowest BCUT2D eigenvalue weighted by molar-refractivity contribution is -0.253. The standard InChI is InChI=1S/C35H44N4O6/c36-30-7-1-2-8-31(30)38-34(43)10-4-3-9-33(42)37-27-17-15-26(16-18-27)35-44-29(21-39-19-5-6-28(39)23-41)20-32(45-35)25-13-11-24(22-40)12-14-25/h1-2,7-8,11-18,28-29,32,35,40-41H,3-6,9-10,19-23,36H2,(H,37,42)(H,38,43)/t28-,29-,32+,35+/m0/s1. The lowest BCUT2D eigenvalue weighted by Gasteiger charge is -2.38. The number of carbonyl (C=O) groups excluding carboxylic acids is 2. The Labute approximate surface area is 264 Å². The second-order valence-corrected chi connectivity index (χ2v) is 11.8. The third-order valence-electron chi connectivity index (χ3n) is 8.52. The molecule has 4 atom stereocenters. The molecule has 45 heavy (non-hydrogen) atoms. The fraction of sp³-hybridized carbons (Fsp3) is 0.429. The van der Waals surface area contributed by atoms with Gasteiger partial charge in [0.15, 0.2) is 6.29 Å². The molecule has 240 valence electrons. The van der Waals surface area contributed by atoms with Crippen molar-refractivity contribution in [1.82, 2.24) is 4.90 Å². The Morgan fingerprint density at radius 1 is 0.867 bits per heavy atom. The van der Waals surface area contributed by atoms with Gasteiger partial charge in [-0.25, -0.2) is 0 Å². The predicted molar refractivity (Wildman–Crippen MR) is 173 cm³/mol. The van der Waals surface area contributed by atoms with Gasteiger partial charge < -0.3 is 36.1 Å². The van der Waals surface area contributed by atoms with E-state index in [2.05, 4.69) is 15.5 Å². The fourth-order valence-corrected chi connectivity index (χ4v) is 5.98. The number of amides is 2. The second kappa shape index (κ2) is 16.0. The van der Waals surface area contributed by atoms with Crippen LogP contribution in [0.2, 0.25) is 0 Å². The molecular weight excluding hydrogens is 572 g/mol. The fourth-order valence-electron chi connectivity index (χ4n) is 5.98. The quantitative estimate of drug-likeness (QED) is 0.135. The zero-order valence-electron chi connectivity index (χ0n) is 25.6. The molecule has 10 heteroatoms. The molecule has 3 aromatic rings. The van der Waals surface area contributed by atoms with Gasteiger partial charge in [0.25, 0.3) is 0 Å². The largest absolute Gasteiger partial charge is 0.397 e. The molecule has 2 heterocycles. The number of likely N-dealkylation sites (tertiary alicyclic amines) is 1. The minimum Gasteiger partial charge on any atom is -0.397 e. The Hall–Kier alpha value is -3.80. The van der Waals surface area contributed by atoms with Crippen LogP contribution >= 0.6 is 0 Å². The van der Waals surface area contributed by atoms with E-state index in [-0.39, 0.29) is 43.3 Å². The van der Waals surface area contributed by atoms with Crippen LogP contribution < -0.4 is 16.4 Å². The van der Waals surface area contributed by atoms with Crippen molar-refractivity contribution >= 4 is 28.9 Å². The van der Waals surface area contributed by atoms with E-state index in [1.807, 2.05) is 60.7 Å². The maximum Gasteiger partial charge on any atom is 0.224 e. The molecule has 0 bridgehead atoms. The highest BCUT2D eigenvalue weighted by Gasteiger charge is 2.35. The van der Waals surface area contributed by atoms with E-state index in [0.717, 1.165) is 36.1 Å². The Balaban J connectivity index is 1.14. The zero-order valence-corrected chi connectivity index (χ0v) is 25.6. The van der Waals surface area contributed by atoms with Gasteiger partial charge in [0.1, 0.15) is 0 Å². The van der Waals surface area contributed by atoms with Crippen molar-refractivity contribution < 1.29 is 29.3 Å². The number of nitrogens with zero attached hydrogens (tertiary/aromatic N) is 1. The average molecular weight is 617 g/mol. The van der Waals surface area contributed by atoms with E-state index >= 15 is 0 Å². The van der Waals surface area contributed by atoms with Crippen molar-refractivity contribution in [2.75, 3.05) is 36.1 Å². The number of para-hydroxylation sites is 2. The highest BCUT2D eigenvalue weighted by Crippen LogP contribution is 2.39. The minimum absolute atomic E-state index is 0.0115. The molecule has 5 rings (SSSR count). The Bertz CT molecular complexity index is 1400. The van der Waals surface area contributed by atoms with Crippen LogP contribution in [0, 0.1) is 0 Å². The summed E-state index contributed by atoms with van der Waals surface area (Å²) in [5.41, 5.74) is 10.4. The Morgan fingerprint density at radius 3 is 2.24 bits per heavy atom. The molecule has 0 aliphatic carbocycles. The van der Waals surface area contributed by atoms with E-state index in [4.69, 9.17) is 15.2 Å². The highest BCUT2D eigenvalue weighted by molar-refractivity contribution is 5.94. The molecule has 2 aliphatic heterocycles. The van der Waals surface area contributed by atoms with Crippen LogP contribution in [0.25, 0.3) is 0 Å². The number of ether oxygens (including phenoxy) is 2. The molecule has 3 aromatic carbocycles. The van der Waals surface area contributed by atoms with Crippen LogP contribution in [0.15, 0.2) is 72.8 Å². The molecule has 2 fully saturated rings. The molecule has 2 amide bonds. The number of hydrogen-bond donors (Lipinski definition) is 5. The topological polar surface area (TPSA) is 146 Å². The number of carbonyl (C=O) groups is 2. The number of nitrogen functional groups attached to an aromatic ring is 1. The molecule has 0 aromatic heterocycles. The van der Waals surface area contributed by atoms with Crippen molar-refractivity contribution in [3.8, 4) is 0 Å². The van der Waals surface area contributed by atoms with Crippen LogP contribution in [0.5, 0.6) is 0 Å². The number of hydrogen-bond acceptors (Lipinski definition) is 8. The van der Waals surface area contributed by atoms with Crippen molar-refractivity contribution in [2.45, 2.75) is 76.1 Å². The minimum atomic E-state index is -0.594. The molecule has 0 saturated carbocycles. The van der Waals surface area contributed by atoms with E-state index in [0.29, 0.717) is 55.7 Å². The van der Waals surface area contributed by atoms with E-state index in [1.165, 1.54) is 0 Å². The monoisotopic (exact) mass is 616 g/mol. The van der Waals surface area contributed by atoms with Crippen LogP contribution in [0.3, 0.4) is 0 Å². The Kier molecular flexibility index (Phi) is 11.6. The lowest BCUT2D eigenvalue weighted by Crippen LogP contribution is -2.42. The number of benzene rings is 3. The number of unbranched alkanes of at least 4 members (excludes halogenated alkanes) is 1.